The minimum absolute atomic E-state index is 0.0168. The fraction of sp³-hybridized carbons (Fsp3) is 0.450. The highest BCUT2D eigenvalue weighted by Gasteiger charge is 2.57. The summed E-state index contributed by atoms with van der Waals surface area (Å²) in [7, 11) is 0. The molecule has 1 aromatic carbocycles. The minimum atomic E-state index is -5.21. The summed E-state index contributed by atoms with van der Waals surface area (Å²) in [5.41, 5.74) is -1.56. The van der Waals surface area contributed by atoms with Crippen molar-refractivity contribution in [2.24, 2.45) is 5.41 Å². The highest BCUT2D eigenvalue weighted by atomic mass is 19.4. The van der Waals surface area contributed by atoms with Crippen LogP contribution in [-0.2, 0) is 6.18 Å². The van der Waals surface area contributed by atoms with Gasteiger partial charge in [0.25, 0.3) is 0 Å². The van der Waals surface area contributed by atoms with Crippen LogP contribution in [0.1, 0.15) is 31.2 Å². The van der Waals surface area contributed by atoms with Gasteiger partial charge in [-0.3, -0.25) is 4.40 Å². The molecule has 3 aromatic rings. The molecule has 0 bridgehead atoms. The lowest BCUT2D eigenvalue weighted by Crippen LogP contribution is -2.20. The van der Waals surface area contributed by atoms with Gasteiger partial charge in [0.15, 0.2) is 0 Å². The van der Waals surface area contributed by atoms with E-state index >= 15 is 0 Å². The maximum atomic E-state index is 13.1. The van der Waals surface area contributed by atoms with E-state index in [0.29, 0.717) is 6.07 Å². The Morgan fingerprint density at radius 2 is 1.88 bits per heavy atom. The number of anilines is 1. The second-order valence-electron chi connectivity index (χ2n) is 8.44. The maximum absolute atomic E-state index is 13.1. The quantitative estimate of drug-likeness (QED) is 0.546. The van der Waals surface area contributed by atoms with Crippen molar-refractivity contribution in [3.05, 3.63) is 36.3 Å². The Labute approximate surface area is 182 Å². The summed E-state index contributed by atoms with van der Waals surface area (Å²) in [6.45, 7) is 0. The molecule has 2 aliphatic rings. The van der Waals surface area contributed by atoms with Crippen molar-refractivity contribution < 1.29 is 36.2 Å². The molecule has 2 aromatic heterocycles. The summed E-state index contributed by atoms with van der Waals surface area (Å²) in [4.78, 5) is 4.00. The number of alkyl halides is 6. The molecule has 2 aliphatic carbocycles. The average molecular weight is 473 g/mol. The van der Waals surface area contributed by atoms with Crippen molar-refractivity contribution in [3.63, 3.8) is 0 Å². The molecule has 5 rings (SSSR count). The van der Waals surface area contributed by atoms with Gasteiger partial charge in [-0.15, -0.1) is 23.4 Å². The summed E-state index contributed by atoms with van der Waals surface area (Å²) < 4.78 is 83.3. The molecule has 0 radical (unpaired) electrons. The van der Waals surface area contributed by atoms with Gasteiger partial charge in [0.1, 0.15) is 17.8 Å². The van der Waals surface area contributed by atoms with Crippen LogP contribution in [0.15, 0.2) is 30.7 Å². The third-order valence-corrected chi connectivity index (χ3v) is 6.27. The molecule has 0 saturated heterocycles. The van der Waals surface area contributed by atoms with E-state index in [4.69, 9.17) is 0 Å². The number of hydrogen-bond acceptors (Lipinski definition) is 6. The van der Waals surface area contributed by atoms with Crippen LogP contribution in [0, 0.1) is 5.41 Å². The average Bonchev–Trinajstić information content (AvgIpc) is 3.08. The zero-order valence-corrected chi connectivity index (χ0v) is 16.8. The topological polar surface area (TPSA) is 84.6 Å². The molecule has 1 spiro atoms. The lowest BCUT2D eigenvalue weighted by Gasteiger charge is -2.17. The molecule has 7 nitrogen and oxygen atoms in total. The van der Waals surface area contributed by atoms with E-state index in [1.165, 1.54) is 16.9 Å². The first-order valence-electron chi connectivity index (χ1n) is 10.1. The number of aromatic nitrogens is 4. The molecule has 176 valence electrons. The van der Waals surface area contributed by atoms with Crippen molar-refractivity contribution in [1.29, 1.82) is 0 Å². The number of aliphatic hydroxyl groups excluding tert-OH is 1. The summed E-state index contributed by atoms with van der Waals surface area (Å²) in [6, 6.07) is 1.81. The number of nitrogens with one attached hydrogen (secondary N) is 1. The number of hydrogen-bond donors (Lipinski definition) is 2. The van der Waals surface area contributed by atoms with E-state index < -0.39 is 23.9 Å². The van der Waals surface area contributed by atoms with Gasteiger partial charge in [0.05, 0.1) is 23.4 Å². The fourth-order valence-electron chi connectivity index (χ4n) is 4.51. The van der Waals surface area contributed by atoms with E-state index in [1.54, 1.807) is 0 Å². The SMILES string of the molecule is OC1CC12CC[C@H](Nc1nnc(-c3ccc(C(F)(F)F)cc3OC(F)(F)F)c3cncn13)C2. The number of ether oxygens (including phenoxy) is 1. The van der Waals surface area contributed by atoms with Crippen LogP contribution in [0.5, 0.6) is 5.75 Å². The van der Waals surface area contributed by atoms with Gasteiger partial charge in [0.2, 0.25) is 5.95 Å². The maximum Gasteiger partial charge on any atom is 0.573 e. The molecular weight excluding hydrogens is 456 g/mol. The van der Waals surface area contributed by atoms with Crippen LogP contribution in [0.3, 0.4) is 0 Å². The summed E-state index contributed by atoms with van der Waals surface area (Å²) in [5, 5.41) is 21.1. The first-order chi connectivity index (χ1) is 15.5. The highest BCUT2D eigenvalue weighted by molar-refractivity contribution is 5.81. The molecule has 2 N–H and O–H groups in total. The number of fused-ring (bicyclic) bond motifs is 1. The lowest BCUT2D eigenvalue weighted by molar-refractivity contribution is -0.274. The van der Waals surface area contributed by atoms with E-state index in [1.807, 2.05) is 0 Å². The second-order valence-corrected chi connectivity index (χ2v) is 8.44. The zero-order chi connectivity index (χ0) is 23.6. The minimum Gasteiger partial charge on any atom is -0.405 e. The van der Waals surface area contributed by atoms with Crippen LogP contribution in [0.2, 0.25) is 0 Å². The smallest absolute Gasteiger partial charge is 0.405 e. The van der Waals surface area contributed by atoms with Gasteiger partial charge in [-0.2, -0.15) is 13.2 Å². The Morgan fingerprint density at radius 3 is 2.52 bits per heavy atom. The number of aliphatic hydroxyl groups is 1. The molecule has 2 fully saturated rings. The molecule has 13 heteroatoms. The molecule has 2 heterocycles. The van der Waals surface area contributed by atoms with Crippen LogP contribution >= 0.6 is 0 Å². The normalized spacial score (nSPS) is 25.1. The molecule has 2 saturated carbocycles. The Balaban J connectivity index is 1.52. The first-order valence-corrected chi connectivity index (χ1v) is 10.1. The third kappa shape index (κ3) is 4.05. The van der Waals surface area contributed by atoms with Gasteiger partial charge in [-0.05, 0) is 43.9 Å². The Morgan fingerprint density at radius 1 is 1.12 bits per heavy atom. The van der Waals surface area contributed by atoms with E-state index in [-0.39, 0.29) is 46.3 Å². The lowest BCUT2D eigenvalue weighted by atomic mass is 10.1. The van der Waals surface area contributed by atoms with Gasteiger partial charge in [0, 0.05) is 17.0 Å². The number of imidazole rings is 1. The van der Waals surface area contributed by atoms with Gasteiger partial charge in [-0.25, -0.2) is 4.98 Å². The van der Waals surface area contributed by atoms with Gasteiger partial charge >= 0.3 is 12.5 Å². The third-order valence-electron chi connectivity index (χ3n) is 6.27. The van der Waals surface area contributed by atoms with Gasteiger partial charge in [-0.1, -0.05) is 0 Å². The predicted octanol–water partition coefficient (Wildman–Crippen LogP) is 4.42. The fourth-order valence-corrected chi connectivity index (χ4v) is 4.51. The highest BCUT2D eigenvalue weighted by Crippen LogP contribution is 2.58. The number of nitrogens with zero attached hydrogens (tertiary/aromatic N) is 4. The molecule has 3 atom stereocenters. The zero-order valence-electron chi connectivity index (χ0n) is 16.8. The molecular formula is C20H17F6N5O2. The summed E-state index contributed by atoms with van der Waals surface area (Å²) >= 11 is 0. The second kappa shape index (κ2) is 7.20. The van der Waals surface area contributed by atoms with Crippen molar-refractivity contribution in [2.75, 3.05) is 5.32 Å². The standard InChI is InChI=1S/C20H17F6N5O2/c21-19(22,23)10-1-2-12(14(5-10)33-20(24,25)26)16-13-8-27-9-31(13)17(30-29-16)28-11-3-4-18(6-11)7-15(18)32/h1-2,5,8-9,11,15,32H,3-4,6-7H2,(H,28,30)/t11-,15?,18?/m0/s1. The molecule has 0 amide bonds. The molecule has 2 unspecified atom stereocenters. The predicted molar refractivity (Wildman–Crippen MR) is 102 cm³/mol. The van der Waals surface area contributed by atoms with Crippen LogP contribution < -0.4 is 10.1 Å². The van der Waals surface area contributed by atoms with Crippen LogP contribution in [-0.4, -0.2) is 43.2 Å². The number of rotatable bonds is 4. The van der Waals surface area contributed by atoms with Crippen molar-refractivity contribution in [2.45, 2.75) is 50.4 Å². The van der Waals surface area contributed by atoms with Crippen molar-refractivity contribution >= 4 is 11.5 Å². The van der Waals surface area contributed by atoms with Crippen molar-refractivity contribution in [1.82, 2.24) is 19.6 Å². The number of benzene rings is 1. The molecule has 0 aliphatic heterocycles. The first kappa shape index (κ1) is 21.7. The Bertz CT molecular complexity index is 1210. The van der Waals surface area contributed by atoms with E-state index in [0.717, 1.165) is 31.7 Å². The van der Waals surface area contributed by atoms with E-state index in [9.17, 15) is 31.4 Å². The van der Waals surface area contributed by atoms with Crippen LogP contribution in [0.4, 0.5) is 32.3 Å². The number of halogens is 6. The Hall–Kier alpha value is -3.09. The van der Waals surface area contributed by atoms with Gasteiger partial charge < -0.3 is 15.2 Å². The molecule has 33 heavy (non-hydrogen) atoms. The van der Waals surface area contributed by atoms with Crippen molar-refractivity contribution in [3.8, 4) is 17.0 Å². The summed E-state index contributed by atoms with van der Waals surface area (Å²) in [6.07, 6.45) is -4.50. The van der Waals surface area contributed by atoms with Crippen LogP contribution in [0.25, 0.3) is 16.8 Å². The Kier molecular flexibility index (Phi) is 4.75. The monoisotopic (exact) mass is 473 g/mol. The van der Waals surface area contributed by atoms with E-state index in [2.05, 4.69) is 25.2 Å². The summed E-state index contributed by atoms with van der Waals surface area (Å²) in [5.74, 6) is -0.760. The largest absolute Gasteiger partial charge is 0.573 e.